The molecule has 0 saturated carbocycles. The second-order valence-corrected chi connectivity index (χ2v) is 5.41. The first-order valence-corrected chi connectivity index (χ1v) is 7.72. The van der Waals surface area contributed by atoms with Crippen LogP contribution in [0.4, 0.5) is 5.95 Å². The van der Waals surface area contributed by atoms with Gasteiger partial charge in [0.25, 0.3) is 0 Å². The molecule has 0 spiro atoms. The Morgan fingerprint density at radius 3 is 3.22 bits per heavy atom. The molecule has 0 amide bonds. The van der Waals surface area contributed by atoms with Crippen molar-refractivity contribution in [2.24, 2.45) is 5.92 Å². The maximum absolute atomic E-state index is 5.54. The lowest BCUT2D eigenvalue weighted by atomic mass is 10.1. The minimum Gasteiger partial charge on any atom is -0.478 e. The Kier molecular flexibility index (Phi) is 5.23. The summed E-state index contributed by atoms with van der Waals surface area (Å²) in [6.07, 6.45) is 5.24. The molecule has 0 aliphatic carbocycles. The van der Waals surface area contributed by atoms with Gasteiger partial charge in [-0.25, -0.2) is 4.98 Å². The van der Waals surface area contributed by atoms with Crippen molar-refractivity contribution >= 4 is 21.9 Å². The summed E-state index contributed by atoms with van der Waals surface area (Å²) >= 11 is 3.51. The first-order chi connectivity index (χ1) is 8.83. The van der Waals surface area contributed by atoms with Crippen LogP contribution in [-0.2, 0) is 0 Å². The molecule has 0 aromatic carbocycles. The summed E-state index contributed by atoms with van der Waals surface area (Å²) in [5.41, 5.74) is 0. The van der Waals surface area contributed by atoms with Crippen LogP contribution in [0.5, 0.6) is 5.88 Å². The molecule has 1 aromatic heterocycles. The number of rotatable bonds is 6. The fourth-order valence-electron chi connectivity index (χ4n) is 2.18. The van der Waals surface area contributed by atoms with Gasteiger partial charge in [-0.15, -0.1) is 0 Å². The highest BCUT2D eigenvalue weighted by Crippen LogP contribution is 2.24. The molecular weight excluding hydrogens is 294 g/mol. The summed E-state index contributed by atoms with van der Waals surface area (Å²) in [6, 6.07) is 1.82. The van der Waals surface area contributed by atoms with Gasteiger partial charge in [0.2, 0.25) is 11.8 Å². The quantitative estimate of drug-likeness (QED) is 0.757. The number of halogens is 1. The Balaban J connectivity index is 1.96. The van der Waals surface area contributed by atoms with Crippen LogP contribution in [0.2, 0.25) is 0 Å². The van der Waals surface area contributed by atoms with Gasteiger partial charge in [-0.2, -0.15) is 4.98 Å². The number of hydrogen-bond donors (Lipinski definition) is 0. The highest BCUT2D eigenvalue weighted by molar-refractivity contribution is 9.09. The van der Waals surface area contributed by atoms with Gasteiger partial charge in [-0.05, 0) is 25.2 Å². The van der Waals surface area contributed by atoms with Gasteiger partial charge in [0, 0.05) is 30.7 Å². The smallest absolute Gasteiger partial charge is 0.228 e. The highest BCUT2D eigenvalue weighted by atomic mass is 79.9. The van der Waals surface area contributed by atoms with E-state index in [1.807, 2.05) is 6.07 Å². The largest absolute Gasteiger partial charge is 0.478 e. The van der Waals surface area contributed by atoms with Crippen molar-refractivity contribution in [2.45, 2.75) is 26.2 Å². The number of anilines is 1. The van der Waals surface area contributed by atoms with Crippen molar-refractivity contribution in [2.75, 3.05) is 29.9 Å². The predicted molar refractivity (Wildman–Crippen MR) is 76.5 cm³/mol. The molecule has 5 heteroatoms. The Bertz CT molecular complexity index is 375. The molecule has 1 aromatic rings. The summed E-state index contributed by atoms with van der Waals surface area (Å²) < 4.78 is 5.54. The third-order valence-corrected chi connectivity index (χ3v) is 3.62. The van der Waals surface area contributed by atoms with E-state index in [1.54, 1.807) is 6.20 Å². The monoisotopic (exact) mass is 313 g/mol. The summed E-state index contributed by atoms with van der Waals surface area (Å²) in [5, 5.41) is 1.08. The van der Waals surface area contributed by atoms with Gasteiger partial charge in [0.1, 0.15) is 0 Å². The van der Waals surface area contributed by atoms with Crippen LogP contribution in [0.25, 0.3) is 0 Å². The van der Waals surface area contributed by atoms with Gasteiger partial charge < -0.3 is 9.64 Å². The van der Waals surface area contributed by atoms with Crippen LogP contribution in [0.1, 0.15) is 26.2 Å². The second kappa shape index (κ2) is 6.92. The maximum Gasteiger partial charge on any atom is 0.228 e. The minimum atomic E-state index is 0.686. The van der Waals surface area contributed by atoms with E-state index in [1.165, 1.54) is 12.8 Å². The molecular formula is C13H20BrN3O. The van der Waals surface area contributed by atoms with Gasteiger partial charge in [0.05, 0.1) is 6.61 Å². The summed E-state index contributed by atoms with van der Waals surface area (Å²) in [4.78, 5) is 11.1. The Morgan fingerprint density at radius 2 is 2.44 bits per heavy atom. The lowest BCUT2D eigenvalue weighted by Gasteiger charge is -2.16. The lowest BCUT2D eigenvalue weighted by Crippen LogP contribution is -2.22. The van der Waals surface area contributed by atoms with E-state index < -0.39 is 0 Å². The molecule has 2 heterocycles. The molecule has 0 bridgehead atoms. The molecule has 1 aliphatic rings. The molecule has 0 radical (unpaired) electrons. The van der Waals surface area contributed by atoms with E-state index in [9.17, 15) is 0 Å². The standard InChI is InChI=1S/C13H20BrN3O/c1-2-9-18-12-4-7-15-13(16-12)17-8-5-11(10-17)3-6-14/h4,7,11H,2-3,5-6,8-10H2,1H3. The SMILES string of the molecule is CCCOc1ccnc(N2CCC(CCBr)C2)n1. The van der Waals surface area contributed by atoms with E-state index in [0.29, 0.717) is 12.5 Å². The van der Waals surface area contributed by atoms with Crippen LogP contribution < -0.4 is 9.64 Å². The van der Waals surface area contributed by atoms with Crippen LogP contribution >= 0.6 is 15.9 Å². The van der Waals surface area contributed by atoms with Crippen molar-refractivity contribution in [3.8, 4) is 5.88 Å². The molecule has 1 saturated heterocycles. The van der Waals surface area contributed by atoms with E-state index >= 15 is 0 Å². The number of nitrogens with zero attached hydrogens (tertiary/aromatic N) is 3. The summed E-state index contributed by atoms with van der Waals surface area (Å²) in [5.74, 6) is 2.25. The highest BCUT2D eigenvalue weighted by Gasteiger charge is 2.23. The summed E-state index contributed by atoms with van der Waals surface area (Å²) in [6.45, 7) is 4.91. The fourth-order valence-corrected chi connectivity index (χ4v) is 2.82. The van der Waals surface area contributed by atoms with Crippen molar-refractivity contribution in [3.63, 3.8) is 0 Å². The molecule has 1 unspecified atom stereocenters. The average molecular weight is 314 g/mol. The number of aromatic nitrogens is 2. The van der Waals surface area contributed by atoms with Crippen LogP contribution in [0.15, 0.2) is 12.3 Å². The topological polar surface area (TPSA) is 38.2 Å². The lowest BCUT2D eigenvalue weighted by molar-refractivity contribution is 0.305. The van der Waals surface area contributed by atoms with Crippen molar-refractivity contribution in [3.05, 3.63) is 12.3 Å². The second-order valence-electron chi connectivity index (χ2n) is 4.62. The van der Waals surface area contributed by atoms with Crippen LogP contribution in [-0.4, -0.2) is 35.0 Å². The van der Waals surface area contributed by atoms with Gasteiger partial charge in [0.15, 0.2) is 0 Å². The molecule has 18 heavy (non-hydrogen) atoms. The first kappa shape index (κ1) is 13.6. The number of hydrogen-bond acceptors (Lipinski definition) is 4. The third-order valence-electron chi connectivity index (χ3n) is 3.16. The van der Waals surface area contributed by atoms with Crippen molar-refractivity contribution in [1.29, 1.82) is 0 Å². The molecule has 1 fully saturated rings. The zero-order valence-corrected chi connectivity index (χ0v) is 12.4. The normalized spacial score (nSPS) is 19.2. The van der Waals surface area contributed by atoms with E-state index in [4.69, 9.17) is 4.74 Å². The Morgan fingerprint density at radius 1 is 1.56 bits per heavy atom. The van der Waals surface area contributed by atoms with Gasteiger partial charge >= 0.3 is 0 Å². The van der Waals surface area contributed by atoms with Crippen LogP contribution in [0, 0.1) is 5.92 Å². The predicted octanol–water partition coefficient (Wildman–Crippen LogP) is 2.88. The Hall–Kier alpha value is -0.840. The Labute approximate surface area is 117 Å². The molecule has 100 valence electrons. The molecule has 4 nitrogen and oxygen atoms in total. The zero-order chi connectivity index (χ0) is 12.8. The molecule has 1 atom stereocenters. The van der Waals surface area contributed by atoms with Gasteiger partial charge in [-0.3, -0.25) is 0 Å². The van der Waals surface area contributed by atoms with E-state index in [2.05, 4.69) is 37.7 Å². The third kappa shape index (κ3) is 3.57. The molecule has 0 N–H and O–H groups in total. The number of alkyl halides is 1. The average Bonchev–Trinajstić information content (AvgIpc) is 2.86. The summed E-state index contributed by atoms with van der Waals surface area (Å²) in [7, 11) is 0. The van der Waals surface area contributed by atoms with Crippen molar-refractivity contribution in [1.82, 2.24) is 9.97 Å². The molecule has 2 rings (SSSR count). The van der Waals surface area contributed by atoms with E-state index in [-0.39, 0.29) is 0 Å². The minimum absolute atomic E-state index is 0.686. The maximum atomic E-state index is 5.54. The molecule has 1 aliphatic heterocycles. The van der Waals surface area contributed by atoms with Crippen LogP contribution in [0.3, 0.4) is 0 Å². The van der Waals surface area contributed by atoms with Gasteiger partial charge in [-0.1, -0.05) is 22.9 Å². The first-order valence-electron chi connectivity index (χ1n) is 6.60. The van der Waals surface area contributed by atoms with E-state index in [0.717, 1.165) is 36.7 Å². The zero-order valence-electron chi connectivity index (χ0n) is 10.8. The fraction of sp³-hybridized carbons (Fsp3) is 0.692. The number of ether oxygens (including phenoxy) is 1. The van der Waals surface area contributed by atoms with Crippen molar-refractivity contribution < 1.29 is 4.74 Å².